The van der Waals surface area contributed by atoms with Gasteiger partial charge in [0.2, 0.25) is 5.91 Å². The van der Waals surface area contributed by atoms with Crippen LogP contribution in [-0.2, 0) is 14.3 Å². The highest BCUT2D eigenvalue weighted by molar-refractivity contribution is 5.83. The number of carbonyl (C=O) groups is 2. The zero-order valence-electron chi connectivity index (χ0n) is 12.5. The fourth-order valence-electron chi connectivity index (χ4n) is 3.00. The minimum absolute atomic E-state index is 0.172. The molecule has 3 rings (SSSR count). The number of benzene rings is 1. The van der Waals surface area contributed by atoms with E-state index in [0.717, 1.165) is 0 Å². The van der Waals surface area contributed by atoms with Crippen LogP contribution in [0, 0.1) is 5.82 Å². The van der Waals surface area contributed by atoms with Gasteiger partial charge in [-0.2, -0.15) is 0 Å². The van der Waals surface area contributed by atoms with E-state index in [2.05, 4.69) is 5.32 Å². The van der Waals surface area contributed by atoms with E-state index in [9.17, 15) is 14.0 Å². The third kappa shape index (κ3) is 3.29. The van der Waals surface area contributed by atoms with E-state index in [0.29, 0.717) is 37.9 Å². The number of para-hydroxylation sites is 1. The van der Waals surface area contributed by atoms with Crippen molar-refractivity contribution in [1.82, 2.24) is 5.32 Å². The van der Waals surface area contributed by atoms with Gasteiger partial charge in [0.15, 0.2) is 17.7 Å². The van der Waals surface area contributed by atoms with Crippen molar-refractivity contribution in [2.45, 2.75) is 43.9 Å². The normalized spacial score (nSPS) is 26.7. The van der Waals surface area contributed by atoms with Crippen molar-refractivity contribution in [2.24, 2.45) is 0 Å². The number of hydrogen-bond acceptors (Lipinski definition) is 4. The molecule has 1 amide bonds. The minimum Gasteiger partial charge on any atom is -0.490 e. The first-order valence-corrected chi connectivity index (χ1v) is 7.66. The first kappa shape index (κ1) is 15.7. The van der Waals surface area contributed by atoms with E-state index in [4.69, 9.17) is 14.6 Å². The summed E-state index contributed by atoms with van der Waals surface area (Å²) in [5, 5.41) is 11.8. The summed E-state index contributed by atoms with van der Waals surface area (Å²) in [6, 6.07) is 4.25. The average molecular weight is 323 g/mol. The van der Waals surface area contributed by atoms with E-state index < -0.39 is 24.0 Å². The summed E-state index contributed by atoms with van der Waals surface area (Å²) in [6.45, 7) is 0.390. The maximum atomic E-state index is 13.9. The number of hydrogen-bond donors (Lipinski definition) is 2. The largest absolute Gasteiger partial charge is 0.490 e. The second-order valence-corrected chi connectivity index (χ2v) is 5.74. The van der Waals surface area contributed by atoms with Crippen molar-refractivity contribution in [2.75, 3.05) is 6.61 Å². The average Bonchev–Trinajstić information content (AvgIpc) is 2.93. The van der Waals surface area contributed by atoms with Gasteiger partial charge in [-0.25, -0.2) is 9.18 Å². The molecule has 0 saturated carbocycles. The van der Waals surface area contributed by atoms with Gasteiger partial charge in [0.1, 0.15) is 6.10 Å². The highest BCUT2D eigenvalue weighted by atomic mass is 19.1. The molecular weight excluding hydrogens is 305 g/mol. The van der Waals surface area contributed by atoms with Gasteiger partial charge in [-0.05, 0) is 31.7 Å². The maximum absolute atomic E-state index is 13.9. The Morgan fingerprint density at radius 3 is 2.74 bits per heavy atom. The molecule has 0 bridgehead atoms. The zero-order chi connectivity index (χ0) is 16.4. The number of fused-ring (bicyclic) bond motifs is 1. The predicted octanol–water partition coefficient (Wildman–Crippen LogP) is 1.79. The Labute approximate surface area is 132 Å². The number of amides is 1. The molecule has 2 heterocycles. The Morgan fingerprint density at radius 1 is 1.22 bits per heavy atom. The standard InChI is InChI=1S/C16H18FNO5/c17-10-4-1-3-9-11(5-2-8-22-14(9)10)18-15(19)12-6-7-13(23-12)16(20)21/h1,3-4,11-13H,2,5-8H2,(H,18,19)(H,20,21)/t11?,12-,13+/m0/s1. The van der Waals surface area contributed by atoms with E-state index in [-0.39, 0.29) is 17.7 Å². The van der Waals surface area contributed by atoms with Crippen molar-refractivity contribution in [1.29, 1.82) is 0 Å². The van der Waals surface area contributed by atoms with Crippen LogP contribution in [0.5, 0.6) is 5.75 Å². The van der Waals surface area contributed by atoms with Crippen LogP contribution in [0.25, 0.3) is 0 Å². The molecule has 1 unspecified atom stereocenters. The van der Waals surface area contributed by atoms with Crippen LogP contribution in [0.4, 0.5) is 4.39 Å². The number of rotatable bonds is 3. The second-order valence-electron chi connectivity index (χ2n) is 5.74. The fourth-order valence-corrected chi connectivity index (χ4v) is 3.00. The second kappa shape index (κ2) is 6.54. The van der Waals surface area contributed by atoms with Crippen molar-refractivity contribution >= 4 is 11.9 Å². The monoisotopic (exact) mass is 323 g/mol. The third-order valence-electron chi connectivity index (χ3n) is 4.16. The van der Waals surface area contributed by atoms with Crippen LogP contribution in [0.1, 0.15) is 37.3 Å². The molecule has 2 aliphatic heterocycles. The van der Waals surface area contributed by atoms with E-state index in [1.54, 1.807) is 12.1 Å². The Kier molecular flexibility index (Phi) is 4.47. The van der Waals surface area contributed by atoms with Gasteiger partial charge in [0.05, 0.1) is 12.6 Å². The van der Waals surface area contributed by atoms with Crippen molar-refractivity contribution in [3.05, 3.63) is 29.6 Å². The molecule has 1 aromatic rings. The van der Waals surface area contributed by atoms with Crippen LogP contribution in [-0.4, -0.2) is 35.8 Å². The molecule has 0 spiro atoms. The van der Waals surface area contributed by atoms with Gasteiger partial charge in [0.25, 0.3) is 0 Å². The fraction of sp³-hybridized carbons (Fsp3) is 0.500. The number of nitrogens with one attached hydrogen (secondary N) is 1. The SMILES string of the molecule is O=C(NC1CCCOc2c(F)cccc21)[C@@H]1CC[C@H](C(=O)O)O1. The summed E-state index contributed by atoms with van der Waals surface area (Å²) in [5.41, 5.74) is 0.601. The Morgan fingerprint density at radius 2 is 2.00 bits per heavy atom. The lowest BCUT2D eigenvalue weighted by Crippen LogP contribution is -2.37. The molecule has 0 aliphatic carbocycles. The van der Waals surface area contributed by atoms with Crippen molar-refractivity contribution < 1.29 is 28.6 Å². The lowest BCUT2D eigenvalue weighted by molar-refractivity contribution is -0.151. The molecule has 2 N–H and O–H groups in total. The molecule has 6 nitrogen and oxygen atoms in total. The molecule has 2 aliphatic rings. The zero-order valence-corrected chi connectivity index (χ0v) is 12.5. The molecular formula is C16H18FNO5. The van der Waals surface area contributed by atoms with Gasteiger partial charge in [-0.1, -0.05) is 12.1 Å². The number of carbonyl (C=O) groups excluding carboxylic acids is 1. The van der Waals surface area contributed by atoms with Crippen LogP contribution < -0.4 is 10.1 Å². The lowest BCUT2D eigenvalue weighted by Gasteiger charge is -2.20. The van der Waals surface area contributed by atoms with Crippen LogP contribution >= 0.6 is 0 Å². The quantitative estimate of drug-likeness (QED) is 0.886. The minimum atomic E-state index is -1.06. The van der Waals surface area contributed by atoms with Gasteiger partial charge in [-0.15, -0.1) is 0 Å². The van der Waals surface area contributed by atoms with Gasteiger partial charge in [-0.3, -0.25) is 4.79 Å². The molecule has 1 aromatic carbocycles. The predicted molar refractivity (Wildman–Crippen MR) is 77.5 cm³/mol. The Bertz CT molecular complexity index is 620. The van der Waals surface area contributed by atoms with E-state index in [1.165, 1.54) is 6.07 Å². The molecule has 124 valence electrons. The summed E-state index contributed by atoms with van der Waals surface area (Å²) < 4.78 is 24.6. The summed E-state index contributed by atoms with van der Waals surface area (Å²) >= 11 is 0. The number of halogens is 1. The smallest absolute Gasteiger partial charge is 0.332 e. The van der Waals surface area contributed by atoms with Crippen LogP contribution in [0.3, 0.4) is 0 Å². The lowest BCUT2D eigenvalue weighted by atomic mass is 10.0. The third-order valence-corrected chi connectivity index (χ3v) is 4.16. The highest BCUT2D eigenvalue weighted by Gasteiger charge is 2.36. The number of carboxylic acids is 1. The van der Waals surface area contributed by atoms with E-state index in [1.807, 2.05) is 0 Å². The number of ether oxygens (including phenoxy) is 2. The van der Waals surface area contributed by atoms with Crippen LogP contribution in [0.15, 0.2) is 18.2 Å². The molecule has 0 aromatic heterocycles. The first-order chi connectivity index (χ1) is 11.1. The Balaban J connectivity index is 1.72. The Hall–Kier alpha value is -2.15. The van der Waals surface area contributed by atoms with Gasteiger partial charge >= 0.3 is 5.97 Å². The highest BCUT2D eigenvalue weighted by Crippen LogP contribution is 2.34. The number of carboxylic acid groups (broad SMARTS) is 1. The molecule has 7 heteroatoms. The van der Waals surface area contributed by atoms with Gasteiger partial charge in [0, 0.05) is 5.56 Å². The molecule has 3 atom stereocenters. The van der Waals surface area contributed by atoms with E-state index >= 15 is 0 Å². The summed E-state index contributed by atoms with van der Waals surface area (Å²) in [4.78, 5) is 23.2. The molecule has 0 radical (unpaired) electrons. The van der Waals surface area contributed by atoms with Crippen LogP contribution in [0.2, 0.25) is 0 Å². The summed E-state index contributed by atoms with van der Waals surface area (Å²) in [5.74, 6) is -1.70. The number of aliphatic carboxylic acids is 1. The molecule has 1 fully saturated rings. The maximum Gasteiger partial charge on any atom is 0.332 e. The molecule has 1 saturated heterocycles. The van der Waals surface area contributed by atoms with Gasteiger partial charge < -0.3 is 19.9 Å². The van der Waals surface area contributed by atoms with Crippen molar-refractivity contribution in [3.63, 3.8) is 0 Å². The summed E-state index contributed by atoms with van der Waals surface area (Å²) in [6.07, 6.45) is 0.263. The topological polar surface area (TPSA) is 84.9 Å². The molecule has 23 heavy (non-hydrogen) atoms. The van der Waals surface area contributed by atoms with Crippen molar-refractivity contribution in [3.8, 4) is 5.75 Å². The summed E-state index contributed by atoms with van der Waals surface area (Å²) in [7, 11) is 0. The first-order valence-electron chi connectivity index (χ1n) is 7.66.